The molecule has 0 aliphatic heterocycles. The van der Waals surface area contributed by atoms with Gasteiger partial charge < -0.3 is 19.9 Å². The molecule has 168 valence electrons. The van der Waals surface area contributed by atoms with Crippen molar-refractivity contribution in [3.8, 4) is 0 Å². The normalized spacial score (nSPS) is 11.2. The fourth-order valence-electron chi connectivity index (χ4n) is 2.92. The number of carbonyl (C=O) groups excluding carboxylic acids is 2. The third kappa shape index (κ3) is 7.41. The van der Waals surface area contributed by atoms with Crippen LogP contribution in [0.4, 0.5) is 10.5 Å². The predicted molar refractivity (Wildman–Crippen MR) is 128 cm³/mol. The zero-order valence-electron chi connectivity index (χ0n) is 17.5. The highest BCUT2D eigenvalue weighted by Crippen LogP contribution is 2.21. The van der Waals surface area contributed by atoms with E-state index in [-0.39, 0.29) is 36.3 Å². The molecular weight excluding hydrogens is 449 g/mol. The molecule has 10 heteroatoms. The van der Waals surface area contributed by atoms with Crippen LogP contribution in [-0.2, 0) is 16.1 Å². The molecule has 0 aliphatic carbocycles. The van der Waals surface area contributed by atoms with Crippen LogP contribution in [-0.4, -0.2) is 41.7 Å². The molecule has 1 aromatic carbocycles. The van der Waals surface area contributed by atoms with Gasteiger partial charge in [-0.15, -0.1) is 24.8 Å². The molecule has 0 aliphatic rings. The lowest BCUT2D eigenvalue weighted by atomic mass is 10.1. The third-order valence-corrected chi connectivity index (χ3v) is 4.85. The number of aromatic nitrogens is 1. The van der Waals surface area contributed by atoms with Gasteiger partial charge in [0, 0.05) is 23.5 Å². The fraction of sp³-hybridized carbons (Fsp3) is 0.450. The van der Waals surface area contributed by atoms with E-state index in [2.05, 4.69) is 10.6 Å². The molecule has 1 atom stereocenters. The van der Waals surface area contributed by atoms with Crippen LogP contribution in [0.1, 0.15) is 20.3 Å². The van der Waals surface area contributed by atoms with Crippen LogP contribution in [0, 0.1) is 5.92 Å². The molecule has 2 N–H and O–H groups in total. The van der Waals surface area contributed by atoms with Crippen LogP contribution in [0.3, 0.4) is 0 Å². The van der Waals surface area contributed by atoms with Gasteiger partial charge in [0.05, 0.1) is 12.8 Å². The predicted octanol–water partition coefficient (Wildman–Crippen LogP) is 3.92. The van der Waals surface area contributed by atoms with Crippen LogP contribution >= 0.6 is 36.6 Å². The number of pyridine rings is 1. The van der Waals surface area contributed by atoms with Crippen LogP contribution < -0.4 is 16.2 Å². The summed E-state index contributed by atoms with van der Waals surface area (Å²) in [5.41, 5.74) is 0.421. The average Bonchev–Trinajstić information content (AvgIpc) is 2.67. The Morgan fingerprint density at radius 3 is 2.37 bits per heavy atom. The summed E-state index contributed by atoms with van der Waals surface area (Å²) >= 11 is 1.58. The fourth-order valence-corrected chi connectivity index (χ4v) is 3.39. The zero-order valence-corrected chi connectivity index (χ0v) is 19.9. The van der Waals surface area contributed by atoms with Gasteiger partial charge in [0.1, 0.15) is 6.04 Å². The first-order valence-electron chi connectivity index (χ1n) is 9.13. The lowest BCUT2D eigenvalue weighted by Crippen LogP contribution is -2.44. The number of amides is 2. The summed E-state index contributed by atoms with van der Waals surface area (Å²) in [5, 5.41) is 6.64. The van der Waals surface area contributed by atoms with Crippen molar-refractivity contribution in [1.82, 2.24) is 9.88 Å². The van der Waals surface area contributed by atoms with Crippen molar-refractivity contribution in [2.45, 2.75) is 32.9 Å². The molecule has 0 saturated heterocycles. The lowest BCUT2D eigenvalue weighted by molar-refractivity contribution is -0.142. The minimum absolute atomic E-state index is 0. The number of methoxy groups -OCH3 is 1. The third-order valence-electron chi connectivity index (χ3n) is 4.21. The highest BCUT2D eigenvalue weighted by atomic mass is 35.5. The molecule has 2 rings (SSSR count). The number of urea groups is 1. The van der Waals surface area contributed by atoms with Crippen molar-refractivity contribution >= 4 is 65.0 Å². The van der Waals surface area contributed by atoms with Gasteiger partial charge in [0.15, 0.2) is 0 Å². The topological polar surface area (TPSA) is 89.4 Å². The summed E-state index contributed by atoms with van der Waals surface area (Å²) in [6.45, 7) is 4.58. The first-order valence-corrected chi connectivity index (χ1v) is 10.5. The van der Waals surface area contributed by atoms with Crippen molar-refractivity contribution in [2.24, 2.45) is 5.92 Å². The van der Waals surface area contributed by atoms with E-state index in [1.165, 1.54) is 7.11 Å². The van der Waals surface area contributed by atoms with Gasteiger partial charge in [-0.25, -0.2) is 9.59 Å². The average molecular weight is 478 g/mol. The Morgan fingerprint density at radius 1 is 1.17 bits per heavy atom. The van der Waals surface area contributed by atoms with Crippen LogP contribution in [0.2, 0.25) is 0 Å². The number of hydrogen-bond acceptors (Lipinski definition) is 5. The second kappa shape index (κ2) is 13.4. The van der Waals surface area contributed by atoms with Gasteiger partial charge >= 0.3 is 12.0 Å². The number of thioether (sulfide) groups is 1. The zero-order chi connectivity index (χ0) is 20.7. The molecule has 2 amide bonds. The maximum atomic E-state index is 12.7. The summed E-state index contributed by atoms with van der Waals surface area (Å²) in [7, 11) is 1.29. The number of nitrogens with one attached hydrogen (secondary N) is 2. The number of anilines is 1. The Bertz CT molecular complexity index is 905. The quantitative estimate of drug-likeness (QED) is 0.562. The minimum Gasteiger partial charge on any atom is -0.467 e. The summed E-state index contributed by atoms with van der Waals surface area (Å²) in [6.07, 6.45) is 4.05. The molecule has 7 nitrogen and oxygen atoms in total. The van der Waals surface area contributed by atoms with Crippen molar-refractivity contribution in [3.63, 3.8) is 0 Å². The number of hydrogen-bond donors (Lipinski definition) is 2. The Hall–Kier alpha value is -1.90. The molecular formula is C20H29Cl2N3O4S. The van der Waals surface area contributed by atoms with E-state index in [0.717, 1.165) is 0 Å². The summed E-state index contributed by atoms with van der Waals surface area (Å²) in [4.78, 5) is 37.2. The Labute approximate surface area is 193 Å². The highest BCUT2D eigenvalue weighted by molar-refractivity contribution is 7.98. The van der Waals surface area contributed by atoms with E-state index in [4.69, 9.17) is 4.74 Å². The maximum Gasteiger partial charge on any atom is 0.328 e. The molecule has 0 fully saturated rings. The van der Waals surface area contributed by atoms with Gasteiger partial charge in [0.25, 0.3) is 5.56 Å². The van der Waals surface area contributed by atoms with Crippen LogP contribution in [0.25, 0.3) is 10.8 Å². The largest absolute Gasteiger partial charge is 0.467 e. The smallest absolute Gasteiger partial charge is 0.328 e. The second-order valence-corrected chi connectivity index (χ2v) is 7.88. The van der Waals surface area contributed by atoms with Gasteiger partial charge in [-0.2, -0.15) is 11.8 Å². The Morgan fingerprint density at radius 2 is 1.80 bits per heavy atom. The van der Waals surface area contributed by atoms with Gasteiger partial charge in [-0.3, -0.25) is 4.79 Å². The summed E-state index contributed by atoms with van der Waals surface area (Å²) < 4.78 is 6.38. The van der Waals surface area contributed by atoms with Gasteiger partial charge in [-0.05, 0) is 30.4 Å². The molecule has 1 heterocycles. The van der Waals surface area contributed by atoms with Crippen LogP contribution in [0.15, 0.2) is 35.3 Å². The first-order chi connectivity index (χ1) is 13.4. The number of benzene rings is 1. The van der Waals surface area contributed by atoms with E-state index in [9.17, 15) is 14.4 Å². The van der Waals surface area contributed by atoms with Gasteiger partial charge in [0.2, 0.25) is 0 Å². The van der Waals surface area contributed by atoms with Crippen LogP contribution in [0.5, 0.6) is 0 Å². The van der Waals surface area contributed by atoms with Crippen molar-refractivity contribution in [3.05, 3.63) is 40.8 Å². The number of nitrogens with zero attached hydrogens (tertiary/aromatic N) is 1. The Kier molecular flexibility index (Phi) is 12.6. The molecule has 1 aromatic heterocycles. The molecule has 0 bridgehead atoms. The second-order valence-electron chi connectivity index (χ2n) is 6.90. The summed E-state index contributed by atoms with van der Waals surface area (Å²) in [5.74, 6) is 0.497. The molecule has 30 heavy (non-hydrogen) atoms. The van der Waals surface area contributed by atoms with E-state index in [1.54, 1.807) is 40.7 Å². The van der Waals surface area contributed by atoms with E-state index in [1.807, 2.05) is 26.2 Å². The van der Waals surface area contributed by atoms with E-state index >= 15 is 0 Å². The minimum atomic E-state index is -0.731. The van der Waals surface area contributed by atoms with Crippen molar-refractivity contribution in [2.75, 3.05) is 24.4 Å². The number of fused-ring (bicyclic) bond motifs is 1. The summed E-state index contributed by atoms with van der Waals surface area (Å²) in [6, 6.07) is 5.89. The SMILES string of the molecule is COC(=O)C(CCSC)NC(=O)Nc1cn(CC(C)C)c(=O)c2ccccc12.Cl.Cl. The molecule has 2 aromatic rings. The number of rotatable bonds is 8. The maximum absolute atomic E-state index is 12.7. The molecule has 0 saturated carbocycles. The molecule has 1 unspecified atom stereocenters. The van der Waals surface area contributed by atoms with E-state index in [0.29, 0.717) is 35.2 Å². The highest BCUT2D eigenvalue weighted by Gasteiger charge is 2.21. The molecule has 0 spiro atoms. The van der Waals surface area contributed by atoms with E-state index < -0.39 is 18.0 Å². The first kappa shape index (κ1) is 28.1. The van der Waals surface area contributed by atoms with Crippen molar-refractivity contribution < 1.29 is 14.3 Å². The molecule has 0 radical (unpaired) electrons. The standard InChI is InChI=1S/C20H27N3O4S.2ClH/c1-13(2)11-23-12-17(14-7-5-6-8-15(14)18(23)24)22-20(26)21-16(9-10-28-4)19(25)27-3;;/h5-8,12-13,16H,9-11H2,1-4H3,(H2,21,22,26);2*1H. The van der Waals surface area contributed by atoms with Crippen molar-refractivity contribution in [1.29, 1.82) is 0 Å². The van der Waals surface area contributed by atoms with Gasteiger partial charge in [-0.1, -0.05) is 32.0 Å². The monoisotopic (exact) mass is 477 g/mol. The number of esters is 1. The lowest BCUT2D eigenvalue weighted by Gasteiger charge is -2.18. The number of carbonyl (C=O) groups is 2. The number of halogens is 2. The number of ether oxygens (including phenoxy) is 1. The Balaban J connectivity index is 0.00000420.